The Labute approximate surface area is 124 Å². The fourth-order valence-electron chi connectivity index (χ4n) is 1.64. The maximum atomic E-state index is 12.2. The molecule has 2 aromatic rings. The van der Waals surface area contributed by atoms with Crippen LogP contribution in [0.25, 0.3) is 0 Å². The van der Waals surface area contributed by atoms with E-state index >= 15 is 0 Å². The lowest BCUT2D eigenvalue weighted by Gasteiger charge is -2.10. The summed E-state index contributed by atoms with van der Waals surface area (Å²) in [7, 11) is 0. The van der Waals surface area contributed by atoms with Crippen molar-refractivity contribution in [3.8, 4) is 0 Å². The topological polar surface area (TPSA) is 49.3 Å². The molecule has 3 nitrogen and oxygen atoms in total. The lowest BCUT2D eigenvalue weighted by Crippen LogP contribution is -2.13. The van der Waals surface area contributed by atoms with Gasteiger partial charge in [-0.3, -0.25) is 4.79 Å². The van der Waals surface area contributed by atoms with Crippen molar-refractivity contribution < 1.29 is 9.90 Å². The number of hydrogen-bond donors (Lipinski definition) is 2. The van der Waals surface area contributed by atoms with Crippen molar-refractivity contribution in [2.75, 3.05) is 5.32 Å². The van der Waals surface area contributed by atoms with E-state index in [2.05, 4.69) is 21.2 Å². The van der Waals surface area contributed by atoms with E-state index in [1.807, 2.05) is 0 Å². The Bertz CT molecular complexity index is 616. The fourth-order valence-corrected chi connectivity index (χ4v) is 2.21. The second-order valence-corrected chi connectivity index (χ2v) is 5.22. The van der Waals surface area contributed by atoms with Gasteiger partial charge < -0.3 is 10.4 Å². The Morgan fingerprint density at radius 2 is 2.00 bits per heavy atom. The maximum absolute atomic E-state index is 12.2. The lowest BCUT2D eigenvalue weighted by molar-refractivity contribution is 0.102. The molecule has 0 unspecified atom stereocenters. The zero-order valence-corrected chi connectivity index (χ0v) is 12.2. The number of carbonyl (C=O) groups excluding carboxylic acids is 1. The molecule has 5 heteroatoms. The number of rotatable bonds is 3. The molecule has 0 aliphatic rings. The van der Waals surface area contributed by atoms with E-state index in [0.717, 1.165) is 4.47 Å². The molecular formula is C14H11BrClNO2. The highest BCUT2D eigenvalue weighted by Crippen LogP contribution is 2.23. The van der Waals surface area contributed by atoms with Gasteiger partial charge in [0.15, 0.2) is 0 Å². The molecule has 0 aliphatic heterocycles. The van der Waals surface area contributed by atoms with Gasteiger partial charge in [-0.25, -0.2) is 0 Å². The number of benzene rings is 2. The van der Waals surface area contributed by atoms with Crippen LogP contribution in [0.2, 0.25) is 5.02 Å². The third-order valence-electron chi connectivity index (χ3n) is 2.61. The normalized spacial score (nSPS) is 10.3. The van der Waals surface area contributed by atoms with E-state index in [0.29, 0.717) is 21.8 Å². The highest BCUT2D eigenvalue weighted by molar-refractivity contribution is 9.10. The number of anilines is 1. The molecule has 0 bridgehead atoms. The molecule has 0 heterocycles. The fraction of sp³-hybridized carbons (Fsp3) is 0.0714. The number of aliphatic hydroxyl groups excluding tert-OH is 1. The van der Waals surface area contributed by atoms with E-state index in [-0.39, 0.29) is 12.5 Å². The zero-order chi connectivity index (χ0) is 13.8. The monoisotopic (exact) mass is 339 g/mol. The van der Waals surface area contributed by atoms with Gasteiger partial charge in [-0.05, 0) is 24.3 Å². The Morgan fingerprint density at radius 3 is 2.74 bits per heavy atom. The van der Waals surface area contributed by atoms with Gasteiger partial charge in [0, 0.05) is 15.7 Å². The van der Waals surface area contributed by atoms with Gasteiger partial charge in [0.1, 0.15) is 0 Å². The second-order valence-electron chi connectivity index (χ2n) is 3.89. The van der Waals surface area contributed by atoms with Crippen LogP contribution in [0.3, 0.4) is 0 Å². The number of para-hydroxylation sites is 1. The first kappa shape index (κ1) is 14.1. The highest BCUT2D eigenvalue weighted by atomic mass is 79.9. The molecule has 0 spiro atoms. The van der Waals surface area contributed by atoms with Gasteiger partial charge >= 0.3 is 0 Å². The van der Waals surface area contributed by atoms with Crippen LogP contribution >= 0.6 is 27.5 Å². The molecule has 0 atom stereocenters. The van der Waals surface area contributed by atoms with Crippen LogP contribution in [-0.2, 0) is 6.61 Å². The standard InChI is InChI=1S/C14H11BrClNO2/c15-10-5-6-12(16)11(7-10)14(19)17-13-4-2-1-3-9(13)8-18/h1-7,18H,8H2,(H,17,19). The van der Waals surface area contributed by atoms with Crippen LogP contribution < -0.4 is 5.32 Å². The molecule has 0 saturated carbocycles. The summed E-state index contributed by atoms with van der Waals surface area (Å²) in [4.78, 5) is 12.2. The molecular weight excluding hydrogens is 330 g/mol. The first-order valence-electron chi connectivity index (χ1n) is 5.57. The third kappa shape index (κ3) is 3.35. The van der Waals surface area contributed by atoms with Crippen molar-refractivity contribution in [3.63, 3.8) is 0 Å². The molecule has 0 fully saturated rings. The van der Waals surface area contributed by atoms with Crippen molar-refractivity contribution in [1.29, 1.82) is 0 Å². The van der Waals surface area contributed by atoms with Crippen molar-refractivity contribution in [3.05, 3.63) is 63.1 Å². The van der Waals surface area contributed by atoms with Gasteiger partial charge in [0.2, 0.25) is 0 Å². The maximum Gasteiger partial charge on any atom is 0.257 e. The molecule has 0 radical (unpaired) electrons. The Balaban J connectivity index is 2.28. The summed E-state index contributed by atoms with van der Waals surface area (Å²) < 4.78 is 0.775. The smallest absolute Gasteiger partial charge is 0.257 e. The Hall–Kier alpha value is -1.36. The number of hydrogen-bond acceptors (Lipinski definition) is 2. The molecule has 1 amide bonds. The summed E-state index contributed by atoms with van der Waals surface area (Å²) in [6.07, 6.45) is 0. The van der Waals surface area contributed by atoms with Crippen LogP contribution in [0.15, 0.2) is 46.9 Å². The number of amides is 1. The summed E-state index contributed by atoms with van der Waals surface area (Å²) in [6.45, 7) is -0.136. The van der Waals surface area contributed by atoms with Gasteiger partial charge in [-0.15, -0.1) is 0 Å². The first-order chi connectivity index (χ1) is 9.11. The molecule has 0 aromatic heterocycles. The van der Waals surface area contributed by atoms with Crippen molar-refractivity contribution >= 4 is 39.1 Å². The molecule has 2 N–H and O–H groups in total. The number of aliphatic hydroxyl groups is 1. The molecule has 0 aliphatic carbocycles. The van der Waals surface area contributed by atoms with E-state index < -0.39 is 0 Å². The van der Waals surface area contributed by atoms with E-state index in [1.165, 1.54) is 0 Å². The molecule has 0 saturated heterocycles. The van der Waals surface area contributed by atoms with Crippen LogP contribution in [0.5, 0.6) is 0 Å². The summed E-state index contributed by atoms with van der Waals surface area (Å²) >= 11 is 9.30. The summed E-state index contributed by atoms with van der Waals surface area (Å²) in [5.41, 5.74) is 1.61. The van der Waals surface area contributed by atoms with Gasteiger partial charge in [-0.2, -0.15) is 0 Å². The average molecular weight is 341 g/mol. The van der Waals surface area contributed by atoms with Crippen LogP contribution in [-0.4, -0.2) is 11.0 Å². The summed E-state index contributed by atoms with van der Waals surface area (Å²) in [6, 6.07) is 12.1. The highest BCUT2D eigenvalue weighted by Gasteiger charge is 2.12. The zero-order valence-electron chi connectivity index (χ0n) is 9.86. The molecule has 98 valence electrons. The van der Waals surface area contributed by atoms with Crippen LogP contribution in [0, 0.1) is 0 Å². The van der Waals surface area contributed by atoms with Crippen LogP contribution in [0.1, 0.15) is 15.9 Å². The number of halogens is 2. The Kier molecular flexibility index (Phi) is 4.58. The van der Waals surface area contributed by atoms with E-state index in [1.54, 1.807) is 42.5 Å². The Morgan fingerprint density at radius 1 is 1.26 bits per heavy atom. The largest absolute Gasteiger partial charge is 0.392 e. The minimum Gasteiger partial charge on any atom is -0.392 e. The van der Waals surface area contributed by atoms with Gasteiger partial charge in [0.05, 0.1) is 17.2 Å². The van der Waals surface area contributed by atoms with Crippen molar-refractivity contribution in [2.45, 2.75) is 6.61 Å². The second kappa shape index (κ2) is 6.19. The SMILES string of the molecule is O=C(Nc1ccccc1CO)c1cc(Br)ccc1Cl. The number of nitrogens with one attached hydrogen (secondary N) is 1. The molecule has 19 heavy (non-hydrogen) atoms. The predicted octanol–water partition coefficient (Wildman–Crippen LogP) is 3.85. The quantitative estimate of drug-likeness (QED) is 0.891. The predicted molar refractivity (Wildman–Crippen MR) is 79.5 cm³/mol. The van der Waals surface area contributed by atoms with Gasteiger partial charge in [0.25, 0.3) is 5.91 Å². The van der Waals surface area contributed by atoms with Crippen molar-refractivity contribution in [1.82, 2.24) is 0 Å². The van der Waals surface area contributed by atoms with Crippen LogP contribution in [0.4, 0.5) is 5.69 Å². The first-order valence-corrected chi connectivity index (χ1v) is 6.74. The summed E-state index contributed by atoms with van der Waals surface area (Å²) in [5, 5.41) is 12.3. The minimum absolute atomic E-state index is 0.136. The van der Waals surface area contributed by atoms with E-state index in [9.17, 15) is 9.90 Å². The summed E-state index contributed by atoms with van der Waals surface area (Å²) in [5.74, 6) is -0.313. The molecule has 2 aromatic carbocycles. The van der Waals surface area contributed by atoms with E-state index in [4.69, 9.17) is 11.6 Å². The average Bonchev–Trinajstić information content (AvgIpc) is 2.42. The van der Waals surface area contributed by atoms with Crippen molar-refractivity contribution in [2.24, 2.45) is 0 Å². The molecule has 2 rings (SSSR count). The number of carbonyl (C=O) groups is 1. The minimum atomic E-state index is -0.313. The third-order valence-corrected chi connectivity index (χ3v) is 3.43. The lowest BCUT2D eigenvalue weighted by atomic mass is 10.1. The van der Waals surface area contributed by atoms with Gasteiger partial charge in [-0.1, -0.05) is 45.7 Å².